The van der Waals surface area contributed by atoms with E-state index in [1.807, 2.05) is 6.92 Å². The topological polar surface area (TPSA) is 84.5 Å². The fourth-order valence-electron chi connectivity index (χ4n) is 2.61. The van der Waals surface area contributed by atoms with Crippen LogP contribution in [-0.4, -0.2) is 21.4 Å². The van der Waals surface area contributed by atoms with Crippen molar-refractivity contribution < 1.29 is 22.3 Å². The van der Waals surface area contributed by atoms with Gasteiger partial charge in [0.05, 0.1) is 12.0 Å². The Bertz CT molecular complexity index is 1130. The molecule has 0 saturated carbocycles. The van der Waals surface area contributed by atoms with Gasteiger partial charge in [0.15, 0.2) is 0 Å². The summed E-state index contributed by atoms with van der Waals surface area (Å²) in [6.07, 6.45) is 0. The summed E-state index contributed by atoms with van der Waals surface area (Å²) < 4.78 is 45.3. The molecular weight excluding hydrogens is 395 g/mol. The summed E-state index contributed by atoms with van der Waals surface area (Å²) in [4.78, 5) is 12.4. The predicted molar refractivity (Wildman–Crippen MR) is 109 cm³/mol. The number of carbonyl (C=O) groups is 1. The molecule has 3 aromatic carbocycles. The molecule has 0 aliphatic heterocycles. The standard InChI is InChI=1S/C21H19FN2O4S/c1-14-3-4-15(13-20(14)28-2)21(25)23-17-7-9-18(10-8-17)24-29(26,27)19-11-5-16(22)6-12-19/h3-13,24H,1-2H3,(H,23,25). The first-order valence-corrected chi connectivity index (χ1v) is 10.1. The molecule has 0 aliphatic carbocycles. The first-order valence-electron chi connectivity index (χ1n) is 8.63. The van der Waals surface area contributed by atoms with Crippen molar-refractivity contribution in [1.29, 1.82) is 0 Å². The number of rotatable bonds is 6. The van der Waals surface area contributed by atoms with Crippen molar-refractivity contribution in [2.45, 2.75) is 11.8 Å². The fourth-order valence-corrected chi connectivity index (χ4v) is 3.67. The highest BCUT2D eigenvalue weighted by atomic mass is 32.2. The molecule has 1 amide bonds. The highest BCUT2D eigenvalue weighted by Crippen LogP contribution is 2.21. The van der Waals surface area contributed by atoms with Gasteiger partial charge in [0.25, 0.3) is 15.9 Å². The summed E-state index contributed by atoms with van der Waals surface area (Å²) in [6.45, 7) is 1.88. The first-order chi connectivity index (χ1) is 13.8. The number of amides is 1. The first kappa shape index (κ1) is 20.3. The van der Waals surface area contributed by atoms with Crippen LogP contribution in [0.4, 0.5) is 15.8 Å². The van der Waals surface area contributed by atoms with Crippen LogP contribution in [0.3, 0.4) is 0 Å². The summed E-state index contributed by atoms with van der Waals surface area (Å²) in [5.41, 5.74) is 2.17. The van der Waals surface area contributed by atoms with Crippen LogP contribution in [0.25, 0.3) is 0 Å². The average Bonchev–Trinajstić information content (AvgIpc) is 2.70. The van der Waals surface area contributed by atoms with Crippen LogP contribution >= 0.6 is 0 Å². The number of nitrogens with one attached hydrogen (secondary N) is 2. The smallest absolute Gasteiger partial charge is 0.261 e. The zero-order valence-electron chi connectivity index (χ0n) is 15.8. The summed E-state index contributed by atoms with van der Waals surface area (Å²) in [5.74, 6) is -0.221. The molecule has 8 heteroatoms. The number of carbonyl (C=O) groups excluding carboxylic acids is 1. The third-order valence-corrected chi connectivity index (χ3v) is 5.59. The van der Waals surface area contributed by atoms with Gasteiger partial charge in [-0.2, -0.15) is 0 Å². The molecule has 0 fully saturated rings. The van der Waals surface area contributed by atoms with Crippen LogP contribution in [0.1, 0.15) is 15.9 Å². The molecule has 0 heterocycles. The van der Waals surface area contributed by atoms with E-state index in [4.69, 9.17) is 4.74 Å². The van der Waals surface area contributed by atoms with Gasteiger partial charge < -0.3 is 10.1 Å². The van der Waals surface area contributed by atoms with Crippen molar-refractivity contribution in [1.82, 2.24) is 0 Å². The van der Waals surface area contributed by atoms with Crippen LogP contribution in [0.2, 0.25) is 0 Å². The predicted octanol–water partition coefficient (Wildman–Crippen LogP) is 4.20. The lowest BCUT2D eigenvalue weighted by molar-refractivity contribution is 0.102. The van der Waals surface area contributed by atoms with E-state index in [2.05, 4.69) is 10.0 Å². The van der Waals surface area contributed by atoms with Gasteiger partial charge in [-0.1, -0.05) is 6.07 Å². The molecule has 2 N–H and O–H groups in total. The van der Waals surface area contributed by atoms with Crippen molar-refractivity contribution in [2.75, 3.05) is 17.1 Å². The summed E-state index contributed by atoms with van der Waals surface area (Å²) in [7, 11) is -2.30. The van der Waals surface area contributed by atoms with E-state index in [1.165, 1.54) is 31.4 Å². The van der Waals surface area contributed by atoms with E-state index in [0.717, 1.165) is 17.7 Å². The summed E-state index contributed by atoms with van der Waals surface area (Å²) in [6, 6.07) is 15.8. The van der Waals surface area contributed by atoms with Gasteiger partial charge in [0.2, 0.25) is 0 Å². The molecule has 0 bridgehead atoms. The van der Waals surface area contributed by atoms with Gasteiger partial charge in [-0.05, 0) is 73.2 Å². The maximum absolute atomic E-state index is 13.0. The SMILES string of the molecule is COc1cc(C(=O)Nc2ccc(NS(=O)(=O)c3ccc(F)cc3)cc2)ccc1C. The van der Waals surface area contributed by atoms with E-state index in [-0.39, 0.29) is 10.8 Å². The van der Waals surface area contributed by atoms with E-state index >= 15 is 0 Å². The quantitative estimate of drug-likeness (QED) is 0.633. The number of ether oxygens (including phenoxy) is 1. The van der Waals surface area contributed by atoms with Crippen molar-refractivity contribution >= 4 is 27.3 Å². The second-order valence-electron chi connectivity index (χ2n) is 6.28. The molecule has 0 radical (unpaired) electrons. The highest BCUT2D eigenvalue weighted by Gasteiger charge is 2.14. The van der Waals surface area contributed by atoms with Gasteiger partial charge in [-0.25, -0.2) is 12.8 Å². The molecule has 0 aromatic heterocycles. The number of aryl methyl sites for hydroxylation is 1. The minimum Gasteiger partial charge on any atom is -0.496 e. The van der Waals surface area contributed by atoms with Gasteiger partial charge >= 0.3 is 0 Å². The number of hydrogen-bond donors (Lipinski definition) is 2. The molecule has 6 nitrogen and oxygen atoms in total. The summed E-state index contributed by atoms with van der Waals surface area (Å²) in [5, 5.41) is 2.74. The molecule has 3 aromatic rings. The Morgan fingerprint density at radius 1 is 0.931 bits per heavy atom. The molecule has 3 rings (SSSR count). The number of methoxy groups -OCH3 is 1. The van der Waals surface area contributed by atoms with Crippen LogP contribution in [0, 0.1) is 12.7 Å². The fraction of sp³-hybridized carbons (Fsp3) is 0.0952. The van der Waals surface area contributed by atoms with Crippen LogP contribution in [0.15, 0.2) is 71.6 Å². The van der Waals surface area contributed by atoms with Gasteiger partial charge in [0, 0.05) is 16.9 Å². The monoisotopic (exact) mass is 414 g/mol. The van der Waals surface area contributed by atoms with Crippen LogP contribution in [-0.2, 0) is 10.0 Å². The normalized spacial score (nSPS) is 11.0. The minimum atomic E-state index is -3.84. The number of hydrogen-bond acceptors (Lipinski definition) is 4. The number of benzene rings is 3. The zero-order valence-corrected chi connectivity index (χ0v) is 16.6. The van der Waals surface area contributed by atoms with Crippen molar-refractivity contribution in [3.05, 3.63) is 83.7 Å². The zero-order chi connectivity index (χ0) is 21.0. The number of anilines is 2. The molecular formula is C21H19FN2O4S. The largest absolute Gasteiger partial charge is 0.496 e. The second-order valence-corrected chi connectivity index (χ2v) is 7.96. The maximum atomic E-state index is 13.0. The summed E-state index contributed by atoms with van der Waals surface area (Å²) >= 11 is 0. The Hall–Kier alpha value is -3.39. The lowest BCUT2D eigenvalue weighted by Crippen LogP contribution is -2.14. The maximum Gasteiger partial charge on any atom is 0.261 e. The van der Waals surface area contributed by atoms with Crippen LogP contribution < -0.4 is 14.8 Å². The highest BCUT2D eigenvalue weighted by molar-refractivity contribution is 7.92. The van der Waals surface area contributed by atoms with Crippen molar-refractivity contribution in [3.8, 4) is 5.75 Å². The number of halogens is 1. The Balaban J connectivity index is 1.70. The lowest BCUT2D eigenvalue weighted by Gasteiger charge is -2.11. The molecule has 0 spiro atoms. The molecule has 0 aliphatic rings. The molecule has 0 saturated heterocycles. The number of sulfonamides is 1. The Morgan fingerprint density at radius 3 is 2.17 bits per heavy atom. The minimum absolute atomic E-state index is 0.0513. The van der Waals surface area contributed by atoms with Crippen molar-refractivity contribution in [2.24, 2.45) is 0 Å². The van der Waals surface area contributed by atoms with Gasteiger partial charge in [0.1, 0.15) is 11.6 Å². The van der Waals surface area contributed by atoms with Gasteiger partial charge in [-0.3, -0.25) is 9.52 Å². The van der Waals surface area contributed by atoms with E-state index in [1.54, 1.807) is 30.3 Å². The molecule has 29 heavy (non-hydrogen) atoms. The third-order valence-electron chi connectivity index (χ3n) is 4.19. The van der Waals surface area contributed by atoms with E-state index < -0.39 is 15.8 Å². The second kappa shape index (κ2) is 8.32. The third kappa shape index (κ3) is 4.91. The Morgan fingerprint density at radius 2 is 1.55 bits per heavy atom. The average molecular weight is 414 g/mol. The van der Waals surface area contributed by atoms with E-state index in [0.29, 0.717) is 22.7 Å². The van der Waals surface area contributed by atoms with Crippen molar-refractivity contribution in [3.63, 3.8) is 0 Å². The molecule has 0 atom stereocenters. The molecule has 0 unspecified atom stereocenters. The van der Waals surface area contributed by atoms with E-state index in [9.17, 15) is 17.6 Å². The Kier molecular flexibility index (Phi) is 5.84. The Labute approximate surface area is 168 Å². The lowest BCUT2D eigenvalue weighted by atomic mass is 10.1. The van der Waals surface area contributed by atoms with Crippen LogP contribution in [0.5, 0.6) is 5.75 Å². The van der Waals surface area contributed by atoms with Gasteiger partial charge in [-0.15, -0.1) is 0 Å². The molecule has 150 valence electrons.